The first-order valence-corrected chi connectivity index (χ1v) is 3.26. The molecule has 0 bridgehead atoms. The lowest BCUT2D eigenvalue weighted by molar-refractivity contribution is 0.170. The third kappa shape index (κ3) is 5.53. The van der Waals surface area contributed by atoms with E-state index in [9.17, 15) is 0 Å². The Labute approximate surface area is 55.8 Å². The molecule has 0 aromatic rings. The van der Waals surface area contributed by atoms with Gasteiger partial charge < -0.3 is 10.2 Å². The van der Waals surface area contributed by atoms with E-state index in [1.165, 1.54) is 0 Å². The van der Waals surface area contributed by atoms with E-state index in [1.807, 2.05) is 13.0 Å². The molecule has 0 heterocycles. The van der Waals surface area contributed by atoms with E-state index >= 15 is 0 Å². The summed E-state index contributed by atoms with van der Waals surface area (Å²) in [4.78, 5) is 0. The Hall–Kier alpha value is -0.340. The van der Waals surface area contributed by atoms with E-state index < -0.39 is 6.10 Å². The highest BCUT2D eigenvalue weighted by molar-refractivity contribution is 4.87. The summed E-state index contributed by atoms with van der Waals surface area (Å²) >= 11 is 0. The smallest absolute Gasteiger partial charge is 0.0742 e. The Morgan fingerprint density at radius 1 is 1.56 bits per heavy atom. The van der Waals surface area contributed by atoms with Crippen molar-refractivity contribution >= 4 is 0 Å². The Morgan fingerprint density at radius 2 is 2.22 bits per heavy atom. The fourth-order valence-electron chi connectivity index (χ4n) is 0.522. The maximum absolute atomic E-state index is 8.93. The molecule has 2 N–H and O–H groups in total. The van der Waals surface area contributed by atoms with E-state index in [0.29, 0.717) is 6.42 Å². The average Bonchev–Trinajstić information content (AvgIpc) is 1.85. The second kappa shape index (κ2) is 5.79. The van der Waals surface area contributed by atoms with Gasteiger partial charge in [0.05, 0.1) is 6.10 Å². The second-order valence-electron chi connectivity index (χ2n) is 1.92. The Balaban J connectivity index is 3.25. The maximum Gasteiger partial charge on any atom is 0.0742 e. The minimum atomic E-state index is -0.463. The van der Waals surface area contributed by atoms with Crippen LogP contribution in [0.5, 0.6) is 0 Å². The Kier molecular flexibility index (Phi) is 5.57. The van der Waals surface area contributed by atoms with Gasteiger partial charge in [-0.05, 0) is 12.8 Å². The van der Waals surface area contributed by atoms with Crippen molar-refractivity contribution in [3.63, 3.8) is 0 Å². The van der Waals surface area contributed by atoms with Crippen LogP contribution in [-0.2, 0) is 0 Å². The van der Waals surface area contributed by atoms with Gasteiger partial charge >= 0.3 is 0 Å². The molecule has 54 valence electrons. The van der Waals surface area contributed by atoms with Crippen LogP contribution in [0, 0.1) is 0 Å². The van der Waals surface area contributed by atoms with Gasteiger partial charge in [0.15, 0.2) is 0 Å². The number of allylic oxidation sites excluding steroid dienone is 1. The van der Waals surface area contributed by atoms with E-state index in [0.717, 1.165) is 6.42 Å². The fourth-order valence-corrected chi connectivity index (χ4v) is 0.522. The summed E-state index contributed by atoms with van der Waals surface area (Å²) in [6.45, 7) is 2.05. The first kappa shape index (κ1) is 8.66. The van der Waals surface area contributed by atoms with Gasteiger partial charge in [0.25, 0.3) is 0 Å². The zero-order valence-electron chi connectivity index (χ0n) is 5.75. The van der Waals surface area contributed by atoms with Gasteiger partial charge in [0.1, 0.15) is 0 Å². The molecule has 1 atom stereocenters. The van der Waals surface area contributed by atoms with Crippen LogP contribution in [0.1, 0.15) is 19.8 Å². The lowest BCUT2D eigenvalue weighted by Crippen LogP contribution is -2.03. The minimum absolute atomic E-state index is 0.0508. The summed E-state index contributed by atoms with van der Waals surface area (Å²) in [7, 11) is 0. The molecule has 0 aromatic carbocycles. The van der Waals surface area contributed by atoms with Gasteiger partial charge in [-0.3, -0.25) is 0 Å². The zero-order valence-corrected chi connectivity index (χ0v) is 5.75. The first-order valence-electron chi connectivity index (χ1n) is 3.26. The van der Waals surface area contributed by atoms with Crippen molar-refractivity contribution in [2.75, 3.05) is 6.61 Å². The number of rotatable bonds is 4. The van der Waals surface area contributed by atoms with E-state index in [2.05, 4.69) is 0 Å². The SMILES string of the molecule is CCC=CC(O)CCO. The molecule has 1 unspecified atom stereocenters. The summed E-state index contributed by atoms with van der Waals surface area (Å²) in [6, 6.07) is 0. The van der Waals surface area contributed by atoms with Crippen LogP contribution in [0.4, 0.5) is 0 Å². The van der Waals surface area contributed by atoms with E-state index in [1.54, 1.807) is 6.08 Å². The summed E-state index contributed by atoms with van der Waals surface area (Å²) in [5.74, 6) is 0. The number of aliphatic hydroxyl groups is 2. The fraction of sp³-hybridized carbons (Fsp3) is 0.714. The highest BCUT2D eigenvalue weighted by atomic mass is 16.3. The maximum atomic E-state index is 8.93. The molecule has 0 aliphatic heterocycles. The zero-order chi connectivity index (χ0) is 7.11. The molecule has 2 heteroatoms. The molecule has 0 fully saturated rings. The normalized spacial score (nSPS) is 14.6. The minimum Gasteiger partial charge on any atom is -0.396 e. The van der Waals surface area contributed by atoms with Crippen LogP contribution < -0.4 is 0 Å². The molecule has 0 amide bonds. The largest absolute Gasteiger partial charge is 0.396 e. The third-order valence-electron chi connectivity index (χ3n) is 1.02. The first-order chi connectivity index (χ1) is 4.31. The highest BCUT2D eigenvalue weighted by Gasteiger charge is 1.93. The third-order valence-corrected chi connectivity index (χ3v) is 1.02. The molecule has 0 radical (unpaired) electrons. The highest BCUT2D eigenvalue weighted by Crippen LogP contribution is 1.92. The van der Waals surface area contributed by atoms with Crippen LogP contribution in [0.2, 0.25) is 0 Å². The van der Waals surface area contributed by atoms with Crippen LogP contribution in [0.3, 0.4) is 0 Å². The molecular weight excluding hydrogens is 116 g/mol. The van der Waals surface area contributed by atoms with Gasteiger partial charge in [0.2, 0.25) is 0 Å². The number of hydrogen-bond acceptors (Lipinski definition) is 2. The van der Waals surface area contributed by atoms with Crippen LogP contribution in [0.15, 0.2) is 12.2 Å². The van der Waals surface area contributed by atoms with Crippen LogP contribution in [-0.4, -0.2) is 22.9 Å². The predicted octanol–water partition coefficient (Wildman–Crippen LogP) is 0.696. The average molecular weight is 130 g/mol. The predicted molar refractivity (Wildman–Crippen MR) is 37.1 cm³/mol. The van der Waals surface area contributed by atoms with Crippen molar-refractivity contribution in [2.45, 2.75) is 25.9 Å². The standard InChI is InChI=1S/C7H14O2/c1-2-3-4-7(9)5-6-8/h3-4,7-9H,2,5-6H2,1H3. The number of aliphatic hydroxyl groups excluding tert-OH is 2. The summed E-state index contributed by atoms with van der Waals surface area (Å²) in [5.41, 5.74) is 0. The Morgan fingerprint density at radius 3 is 2.67 bits per heavy atom. The summed E-state index contributed by atoms with van der Waals surface area (Å²) in [5, 5.41) is 17.3. The summed E-state index contributed by atoms with van der Waals surface area (Å²) in [6.07, 6.45) is 4.50. The number of hydrogen-bond donors (Lipinski definition) is 2. The van der Waals surface area contributed by atoms with Crippen molar-refractivity contribution < 1.29 is 10.2 Å². The van der Waals surface area contributed by atoms with Crippen molar-refractivity contribution in [2.24, 2.45) is 0 Å². The molecule has 2 nitrogen and oxygen atoms in total. The Bertz CT molecular complexity index is 79.0. The van der Waals surface area contributed by atoms with Crippen LogP contribution >= 0.6 is 0 Å². The lowest BCUT2D eigenvalue weighted by atomic mass is 10.2. The lowest BCUT2D eigenvalue weighted by Gasteiger charge is -1.99. The van der Waals surface area contributed by atoms with Gasteiger partial charge in [0, 0.05) is 6.61 Å². The van der Waals surface area contributed by atoms with E-state index in [4.69, 9.17) is 10.2 Å². The molecule has 0 aromatic heterocycles. The topological polar surface area (TPSA) is 40.5 Å². The second-order valence-corrected chi connectivity index (χ2v) is 1.92. The molecule has 0 saturated heterocycles. The summed E-state index contributed by atoms with van der Waals surface area (Å²) < 4.78 is 0. The van der Waals surface area contributed by atoms with E-state index in [-0.39, 0.29) is 6.61 Å². The van der Waals surface area contributed by atoms with Gasteiger partial charge in [-0.2, -0.15) is 0 Å². The van der Waals surface area contributed by atoms with Crippen molar-refractivity contribution in [1.29, 1.82) is 0 Å². The quantitative estimate of drug-likeness (QED) is 0.550. The molecule has 0 rings (SSSR count). The molecule has 0 aliphatic rings. The van der Waals surface area contributed by atoms with Crippen molar-refractivity contribution in [3.05, 3.63) is 12.2 Å². The molecule has 9 heavy (non-hydrogen) atoms. The van der Waals surface area contributed by atoms with Gasteiger partial charge in [-0.15, -0.1) is 0 Å². The monoisotopic (exact) mass is 130 g/mol. The van der Waals surface area contributed by atoms with Crippen molar-refractivity contribution in [3.8, 4) is 0 Å². The molecular formula is C7H14O2. The van der Waals surface area contributed by atoms with Gasteiger partial charge in [-0.25, -0.2) is 0 Å². The van der Waals surface area contributed by atoms with Gasteiger partial charge in [-0.1, -0.05) is 19.1 Å². The molecule has 0 aliphatic carbocycles. The van der Waals surface area contributed by atoms with Crippen molar-refractivity contribution in [1.82, 2.24) is 0 Å². The molecule has 0 spiro atoms. The van der Waals surface area contributed by atoms with Crippen LogP contribution in [0.25, 0.3) is 0 Å². The molecule has 0 saturated carbocycles.